The van der Waals surface area contributed by atoms with E-state index >= 15 is 0 Å². The number of nitrogens with one attached hydrogen (secondary N) is 1. The fourth-order valence-electron chi connectivity index (χ4n) is 2.87. The van der Waals surface area contributed by atoms with Gasteiger partial charge < -0.3 is 10.1 Å². The third-order valence-corrected chi connectivity index (χ3v) is 6.23. The van der Waals surface area contributed by atoms with Gasteiger partial charge in [0.1, 0.15) is 0 Å². The molecule has 1 aliphatic rings. The third kappa shape index (κ3) is 4.78. The van der Waals surface area contributed by atoms with E-state index in [4.69, 9.17) is 4.74 Å². The molecule has 0 bridgehead atoms. The van der Waals surface area contributed by atoms with Crippen molar-refractivity contribution in [2.45, 2.75) is 25.8 Å². The second-order valence-corrected chi connectivity index (χ2v) is 8.40. The van der Waals surface area contributed by atoms with Crippen LogP contribution in [0.25, 0.3) is 0 Å². The van der Waals surface area contributed by atoms with E-state index in [-0.39, 0.29) is 25.0 Å². The highest BCUT2D eigenvalue weighted by Crippen LogP contribution is 2.19. The summed E-state index contributed by atoms with van der Waals surface area (Å²) in [7, 11) is 1.21. The van der Waals surface area contributed by atoms with E-state index in [0.717, 1.165) is 0 Å². The zero-order valence-corrected chi connectivity index (χ0v) is 16.0. The summed E-state index contributed by atoms with van der Waals surface area (Å²) in [5.41, 5.74) is 1.14. The zero-order chi connectivity index (χ0) is 18.6. The average molecular weight is 373 g/mol. The number of rotatable bonds is 7. The average Bonchev–Trinajstić information content (AvgIpc) is 2.90. The first-order valence-electron chi connectivity index (χ1n) is 8.29. The van der Waals surface area contributed by atoms with Crippen LogP contribution in [0, 0.1) is 6.92 Å². The molecule has 1 fully saturated rings. The molecule has 9 nitrogen and oxygen atoms in total. The van der Waals surface area contributed by atoms with Gasteiger partial charge in [0.25, 0.3) is 16.1 Å². The van der Waals surface area contributed by atoms with Crippen LogP contribution in [0.5, 0.6) is 0 Å². The summed E-state index contributed by atoms with van der Waals surface area (Å²) in [5, 5.41) is 6.93. The Morgan fingerprint density at radius 2 is 2.04 bits per heavy atom. The van der Waals surface area contributed by atoms with E-state index in [1.165, 1.54) is 22.7 Å². The number of ether oxygens (including phenoxy) is 1. The number of nitrogens with zero attached hydrogens (tertiary/aromatic N) is 4. The molecular weight excluding hydrogens is 346 g/mol. The van der Waals surface area contributed by atoms with Gasteiger partial charge in [-0.3, -0.25) is 9.48 Å². The van der Waals surface area contributed by atoms with Gasteiger partial charge in [-0.2, -0.15) is 22.1 Å². The SMILES string of the molecule is Cc1nn(C)cc1C(=O)NCCN(C1CCOCC1)S(=O)(=O)N(C)C. The summed E-state index contributed by atoms with van der Waals surface area (Å²) in [5.74, 6) is -0.250. The van der Waals surface area contributed by atoms with Gasteiger partial charge in [0, 0.05) is 59.7 Å². The molecule has 0 atom stereocenters. The quantitative estimate of drug-likeness (QED) is 0.711. The van der Waals surface area contributed by atoms with Crippen LogP contribution in [0.15, 0.2) is 6.20 Å². The highest BCUT2D eigenvalue weighted by Gasteiger charge is 2.32. The summed E-state index contributed by atoms with van der Waals surface area (Å²) >= 11 is 0. The van der Waals surface area contributed by atoms with Crippen LogP contribution in [-0.2, 0) is 22.0 Å². The summed E-state index contributed by atoms with van der Waals surface area (Å²) in [6.07, 6.45) is 2.96. The molecular formula is C15H27N5O4S. The molecule has 0 saturated carbocycles. The molecule has 1 aromatic rings. The van der Waals surface area contributed by atoms with E-state index < -0.39 is 10.2 Å². The van der Waals surface area contributed by atoms with Crippen molar-refractivity contribution >= 4 is 16.1 Å². The fraction of sp³-hybridized carbons (Fsp3) is 0.733. The minimum atomic E-state index is -3.56. The molecule has 10 heteroatoms. The lowest BCUT2D eigenvalue weighted by atomic mass is 10.1. The normalized spacial score (nSPS) is 16.6. The summed E-state index contributed by atoms with van der Waals surface area (Å²) in [6.45, 7) is 3.31. The van der Waals surface area contributed by atoms with Crippen LogP contribution in [-0.4, -0.2) is 79.2 Å². The lowest BCUT2D eigenvalue weighted by Gasteiger charge is -2.34. The van der Waals surface area contributed by atoms with Crippen molar-refractivity contribution in [3.63, 3.8) is 0 Å². The Kier molecular flexibility index (Phi) is 6.55. The van der Waals surface area contributed by atoms with Gasteiger partial charge >= 0.3 is 0 Å². The van der Waals surface area contributed by atoms with Crippen molar-refractivity contribution in [3.05, 3.63) is 17.5 Å². The van der Waals surface area contributed by atoms with Gasteiger partial charge in [-0.1, -0.05) is 0 Å². The van der Waals surface area contributed by atoms with Crippen LogP contribution < -0.4 is 5.32 Å². The summed E-state index contributed by atoms with van der Waals surface area (Å²) in [4.78, 5) is 12.3. The standard InChI is InChI=1S/C15H27N5O4S/c1-12-14(11-19(4)17-12)15(21)16-7-8-20(25(22,23)18(2)3)13-5-9-24-10-6-13/h11,13H,5-10H2,1-4H3,(H,16,21). The van der Waals surface area contributed by atoms with E-state index in [1.807, 2.05) is 0 Å². The predicted molar refractivity (Wildman–Crippen MR) is 93.4 cm³/mol. The first kappa shape index (κ1) is 19.8. The Morgan fingerprint density at radius 1 is 1.40 bits per heavy atom. The van der Waals surface area contributed by atoms with E-state index in [1.54, 1.807) is 24.9 Å². The molecule has 0 aromatic carbocycles. The Hall–Kier alpha value is -1.49. The number of aromatic nitrogens is 2. The third-order valence-electron chi connectivity index (χ3n) is 4.23. The molecule has 0 spiro atoms. The van der Waals surface area contributed by atoms with Gasteiger partial charge in [0.05, 0.1) is 11.3 Å². The maximum Gasteiger partial charge on any atom is 0.281 e. The maximum atomic E-state index is 12.6. The highest BCUT2D eigenvalue weighted by molar-refractivity contribution is 7.86. The van der Waals surface area contributed by atoms with Gasteiger partial charge in [0.2, 0.25) is 0 Å². The topological polar surface area (TPSA) is 96.8 Å². The minimum Gasteiger partial charge on any atom is -0.381 e. The second kappa shape index (κ2) is 8.26. The number of carbonyl (C=O) groups is 1. The number of amides is 1. The van der Waals surface area contributed by atoms with E-state index in [0.29, 0.717) is 37.3 Å². The molecule has 1 aliphatic heterocycles. The van der Waals surface area contributed by atoms with Crippen LogP contribution >= 0.6 is 0 Å². The van der Waals surface area contributed by atoms with Gasteiger partial charge in [-0.05, 0) is 19.8 Å². The Bertz CT molecular complexity index is 695. The van der Waals surface area contributed by atoms with Gasteiger partial charge in [-0.15, -0.1) is 0 Å². The molecule has 1 aromatic heterocycles. The highest BCUT2D eigenvalue weighted by atomic mass is 32.2. The summed E-state index contributed by atoms with van der Waals surface area (Å²) in [6, 6.07) is -0.113. The van der Waals surface area contributed by atoms with Gasteiger partial charge in [0.15, 0.2) is 0 Å². The summed E-state index contributed by atoms with van der Waals surface area (Å²) < 4.78 is 34.8. The van der Waals surface area contributed by atoms with Crippen molar-refractivity contribution in [2.75, 3.05) is 40.4 Å². The predicted octanol–water partition coefficient (Wildman–Crippen LogP) is -0.254. The molecule has 0 radical (unpaired) electrons. The number of hydrogen-bond donors (Lipinski definition) is 1. The number of hydrogen-bond acceptors (Lipinski definition) is 5. The molecule has 1 N–H and O–H groups in total. The van der Waals surface area contributed by atoms with Crippen molar-refractivity contribution in [1.82, 2.24) is 23.7 Å². The van der Waals surface area contributed by atoms with Crippen molar-refractivity contribution in [3.8, 4) is 0 Å². The van der Waals surface area contributed by atoms with Crippen LogP contribution in [0.4, 0.5) is 0 Å². The second-order valence-electron chi connectivity index (χ2n) is 6.30. The first-order chi connectivity index (χ1) is 11.7. The van der Waals surface area contributed by atoms with Crippen LogP contribution in [0.2, 0.25) is 0 Å². The fourth-order valence-corrected chi connectivity index (χ4v) is 4.20. The van der Waals surface area contributed by atoms with E-state index in [2.05, 4.69) is 10.4 Å². The monoisotopic (exact) mass is 373 g/mol. The van der Waals surface area contributed by atoms with Crippen LogP contribution in [0.1, 0.15) is 28.9 Å². The minimum absolute atomic E-state index is 0.113. The van der Waals surface area contributed by atoms with Crippen molar-refractivity contribution in [1.29, 1.82) is 0 Å². The Morgan fingerprint density at radius 3 is 2.56 bits per heavy atom. The molecule has 25 heavy (non-hydrogen) atoms. The maximum absolute atomic E-state index is 12.6. The first-order valence-corrected chi connectivity index (χ1v) is 9.68. The number of carbonyl (C=O) groups excluding carboxylic acids is 1. The number of aryl methyl sites for hydroxylation is 2. The van der Waals surface area contributed by atoms with E-state index in [9.17, 15) is 13.2 Å². The smallest absolute Gasteiger partial charge is 0.281 e. The molecule has 1 amide bonds. The zero-order valence-electron chi connectivity index (χ0n) is 15.2. The lowest BCUT2D eigenvalue weighted by Crippen LogP contribution is -2.50. The Balaban J connectivity index is 2.02. The molecule has 2 heterocycles. The Labute approximate surface area is 149 Å². The van der Waals surface area contributed by atoms with Gasteiger partial charge in [-0.25, -0.2) is 0 Å². The largest absolute Gasteiger partial charge is 0.381 e. The molecule has 142 valence electrons. The molecule has 2 rings (SSSR count). The molecule has 0 aliphatic carbocycles. The van der Waals surface area contributed by atoms with Crippen molar-refractivity contribution < 1.29 is 17.9 Å². The van der Waals surface area contributed by atoms with Crippen molar-refractivity contribution in [2.24, 2.45) is 7.05 Å². The molecule has 1 saturated heterocycles. The van der Waals surface area contributed by atoms with Crippen LogP contribution in [0.3, 0.4) is 0 Å². The lowest BCUT2D eigenvalue weighted by molar-refractivity contribution is 0.0571. The molecule has 0 unspecified atom stereocenters.